The van der Waals surface area contributed by atoms with Gasteiger partial charge in [0.25, 0.3) is 0 Å². The van der Waals surface area contributed by atoms with Crippen LogP contribution in [0, 0.1) is 0 Å². The molecule has 0 N–H and O–H groups in total. The largest absolute Gasteiger partial charge is 0.497 e. The van der Waals surface area contributed by atoms with Crippen molar-refractivity contribution in [2.75, 3.05) is 7.11 Å². The summed E-state index contributed by atoms with van der Waals surface area (Å²) in [6, 6.07) is 34.1. The van der Waals surface area contributed by atoms with Crippen LogP contribution in [0.1, 0.15) is 111 Å². The monoisotopic (exact) mass is 802 g/mol. The second-order valence-electron chi connectivity index (χ2n) is 15.3. The number of hydrogen-bond donors (Lipinski definition) is 0. The van der Waals surface area contributed by atoms with Crippen molar-refractivity contribution >= 4 is 23.7 Å². The van der Waals surface area contributed by atoms with Crippen LogP contribution in [-0.2, 0) is 10.8 Å². The Kier molecular flexibility index (Phi) is 10.2. The molecule has 10 nitrogen and oxygen atoms in total. The molecular formula is C50H42O10. The first kappa shape index (κ1) is 39.6. The second kappa shape index (κ2) is 15.5. The van der Waals surface area contributed by atoms with Gasteiger partial charge in [-0.15, -0.1) is 0 Å². The maximum atomic E-state index is 13.5. The third-order valence-electron chi connectivity index (χ3n) is 11.8. The average Bonchev–Trinajstić information content (AvgIpc) is 3.26. The van der Waals surface area contributed by atoms with Crippen LogP contribution in [0.15, 0.2) is 121 Å². The van der Waals surface area contributed by atoms with Crippen molar-refractivity contribution < 1.29 is 47.6 Å². The van der Waals surface area contributed by atoms with Gasteiger partial charge in [0.2, 0.25) is 0 Å². The van der Waals surface area contributed by atoms with Crippen molar-refractivity contribution in [2.45, 2.75) is 58.3 Å². The molecule has 0 spiro atoms. The highest BCUT2D eigenvalue weighted by atomic mass is 16.5. The van der Waals surface area contributed by atoms with Gasteiger partial charge >= 0.3 is 17.9 Å². The van der Waals surface area contributed by atoms with Crippen LogP contribution in [0.5, 0.6) is 46.0 Å². The highest BCUT2D eigenvalue weighted by Gasteiger charge is 2.39. The number of Topliss-reactive ketones (excluding diaryl/α,β-unsaturated/α-hetero) is 1. The zero-order valence-electron chi connectivity index (χ0n) is 34.0. The van der Waals surface area contributed by atoms with Crippen molar-refractivity contribution in [3.63, 3.8) is 0 Å². The van der Waals surface area contributed by atoms with E-state index in [1.165, 1.54) is 13.0 Å². The second-order valence-corrected chi connectivity index (χ2v) is 15.3. The summed E-state index contributed by atoms with van der Waals surface area (Å²) >= 11 is 0. The first-order valence-electron chi connectivity index (χ1n) is 19.7. The topological polar surface area (TPSA) is 124 Å². The molecule has 0 radical (unpaired) electrons. The van der Waals surface area contributed by atoms with Gasteiger partial charge in [-0.1, -0.05) is 70.2 Å². The molecule has 2 aliphatic rings. The number of carbonyl (C=O) groups excluding carboxylic acids is 4. The first-order chi connectivity index (χ1) is 28.8. The number of rotatable bonds is 10. The Morgan fingerprint density at radius 2 is 0.817 bits per heavy atom. The van der Waals surface area contributed by atoms with E-state index in [0.717, 1.165) is 35.1 Å². The molecule has 0 bridgehead atoms. The maximum absolute atomic E-state index is 13.5. The lowest BCUT2D eigenvalue weighted by Crippen LogP contribution is -2.27. The van der Waals surface area contributed by atoms with Crippen molar-refractivity contribution in [1.82, 2.24) is 0 Å². The SMILES string of the molecule is CCC1(C)c2ccc(OC)cc2Oc2cc(OC(=O)c3cccc(C(=O)Oc4ccc5c(c4)Oc4cc(OC(=O)c6ccc(C(C)=O)cc6)ccc4C5(C)CC)c3)ccc21. The number of hydrogen-bond acceptors (Lipinski definition) is 10. The van der Waals surface area contributed by atoms with E-state index < -0.39 is 23.3 Å². The van der Waals surface area contributed by atoms with E-state index in [-0.39, 0.29) is 39.6 Å². The fourth-order valence-electron chi connectivity index (χ4n) is 7.89. The van der Waals surface area contributed by atoms with E-state index in [9.17, 15) is 19.2 Å². The van der Waals surface area contributed by atoms with Crippen LogP contribution in [0.25, 0.3) is 0 Å². The summed E-state index contributed by atoms with van der Waals surface area (Å²) in [5.41, 5.74) is 4.13. The highest BCUT2D eigenvalue weighted by molar-refractivity contribution is 5.97. The Hall–Kier alpha value is -7.20. The van der Waals surface area contributed by atoms with Gasteiger partial charge in [0.15, 0.2) is 5.78 Å². The predicted octanol–water partition coefficient (Wildman–Crippen LogP) is 11.2. The molecule has 2 aliphatic heterocycles. The zero-order valence-corrected chi connectivity index (χ0v) is 34.0. The fraction of sp³-hybridized carbons (Fsp3) is 0.200. The van der Waals surface area contributed by atoms with E-state index in [2.05, 4.69) is 27.7 Å². The van der Waals surface area contributed by atoms with E-state index in [1.54, 1.807) is 86.0 Å². The maximum Gasteiger partial charge on any atom is 0.343 e. The Morgan fingerprint density at radius 3 is 1.18 bits per heavy atom. The summed E-state index contributed by atoms with van der Waals surface area (Å²) in [4.78, 5) is 51.5. The summed E-state index contributed by atoms with van der Waals surface area (Å²) < 4.78 is 35.4. The lowest BCUT2D eigenvalue weighted by Gasteiger charge is -2.37. The molecule has 302 valence electrons. The molecule has 8 rings (SSSR count). The number of esters is 3. The number of benzene rings is 6. The summed E-state index contributed by atoms with van der Waals surface area (Å²) in [6.07, 6.45) is 1.54. The lowest BCUT2D eigenvalue weighted by atomic mass is 9.72. The molecule has 0 fully saturated rings. The first-order valence-corrected chi connectivity index (χ1v) is 19.7. The molecule has 0 aromatic heterocycles. The number of methoxy groups -OCH3 is 1. The van der Waals surface area contributed by atoms with Crippen LogP contribution in [0.3, 0.4) is 0 Å². The molecule has 0 amide bonds. The molecule has 10 heteroatoms. The van der Waals surface area contributed by atoms with Crippen LogP contribution in [-0.4, -0.2) is 30.8 Å². The van der Waals surface area contributed by atoms with Crippen LogP contribution in [0.4, 0.5) is 0 Å². The van der Waals surface area contributed by atoms with Gasteiger partial charge in [0.05, 0.1) is 23.8 Å². The smallest absolute Gasteiger partial charge is 0.343 e. The Labute approximate surface area is 347 Å². The Morgan fingerprint density at radius 1 is 0.467 bits per heavy atom. The van der Waals surface area contributed by atoms with Crippen molar-refractivity contribution in [3.8, 4) is 46.0 Å². The standard InChI is InChI=1S/C50H42O10/c1-7-49(4)38-20-16-34(55-6)25-42(38)59-43-27-36(18-22-39(43)49)57-47(53)32-10-9-11-33(24-32)48(54)58-37-19-23-41-45(28-37)60-44-26-35(17-21-40(44)50(41,5)8-2)56-46(52)31-14-12-30(13-15-31)29(3)51/h9-28H,7-8H2,1-6H3. The molecule has 0 saturated carbocycles. The minimum atomic E-state index is -0.681. The predicted molar refractivity (Wildman–Crippen MR) is 224 cm³/mol. The molecule has 2 unspecified atom stereocenters. The van der Waals surface area contributed by atoms with Crippen LogP contribution in [0.2, 0.25) is 0 Å². The van der Waals surface area contributed by atoms with Gasteiger partial charge in [-0.2, -0.15) is 0 Å². The number of ether oxygens (including phenoxy) is 6. The Bertz CT molecular complexity index is 2720. The third kappa shape index (κ3) is 7.14. The molecule has 2 heterocycles. The summed E-state index contributed by atoms with van der Waals surface area (Å²) in [5.74, 6) is 1.70. The summed E-state index contributed by atoms with van der Waals surface area (Å²) in [7, 11) is 1.61. The fourth-order valence-corrected chi connectivity index (χ4v) is 7.89. The van der Waals surface area contributed by atoms with Gasteiger partial charge in [-0.25, -0.2) is 14.4 Å². The van der Waals surface area contributed by atoms with E-state index in [4.69, 9.17) is 28.4 Å². The summed E-state index contributed by atoms with van der Waals surface area (Å²) in [6.45, 7) is 9.91. The zero-order chi connectivity index (χ0) is 42.3. The van der Waals surface area contributed by atoms with Crippen molar-refractivity contribution in [2.24, 2.45) is 0 Å². The van der Waals surface area contributed by atoms with Crippen molar-refractivity contribution in [3.05, 3.63) is 166 Å². The molecule has 2 atom stereocenters. The van der Waals surface area contributed by atoms with Gasteiger partial charge in [-0.05, 0) is 74.4 Å². The van der Waals surface area contributed by atoms with E-state index in [1.807, 2.05) is 36.4 Å². The highest BCUT2D eigenvalue weighted by Crippen LogP contribution is 2.53. The minimum Gasteiger partial charge on any atom is -0.497 e. The minimum absolute atomic E-state index is 0.0990. The van der Waals surface area contributed by atoms with E-state index in [0.29, 0.717) is 39.9 Å². The number of carbonyl (C=O) groups is 4. The molecule has 0 aliphatic carbocycles. The molecule has 0 saturated heterocycles. The van der Waals surface area contributed by atoms with Gasteiger partial charge in [0.1, 0.15) is 46.0 Å². The molecule has 6 aromatic carbocycles. The normalized spacial score (nSPS) is 17.0. The van der Waals surface area contributed by atoms with Gasteiger partial charge < -0.3 is 28.4 Å². The third-order valence-corrected chi connectivity index (χ3v) is 11.8. The van der Waals surface area contributed by atoms with Crippen molar-refractivity contribution in [1.29, 1.82) is 0 Å². The van der Waals surface area contributed by atoms with Gasteiger partial charge in [0, 0.05) is 62.9 Å². The van der Waals surface area contributed by atoms with Gasteiger partial charge in [-0.3, -0.25) is 4.79 Å². The van der Waals surface area contributed by atoms with E-state index >= 15 is 0 Å². The number of ketones is 1. The summed E-state index contributed by atoms with van der Waals surface area (Å²) in [5, 5.41) is 0. The average molecular weight is 803 g/mol. The molecule has 60 heavy (non-hydrogen) atoms. The quantitative estimate of drug-likeness (QED) is 0.0751. The Balaban J connectivity index is 0.970. The lowest BCUT2D eigenvalue weighted by molar-refractivity contribution is 0.0721. The number of fused-ring (bicyclic) bond motifs is 4. The molecular weight excluding hydrogens is 761 g/mol. The van der Waals surface area contributed by atoms with Crippen LogP contribution >= 0.6 is 0 Å². The van der Waals surface area contributed by atoms with Crippen LogP contribution < -0.4 is 28.4 Å². The molecule has 6 aromatic rings.